The molecule has 1 amide bonds. The van der Waals surface area contributed by atoms with Gasteiger partial charge < -0.3 is 35.8 Å². The lowest BCUT2D eigenvalue weighted by molar-refractivity contribution is -0.116. The Hall–Kier alpha value is -4.46. The molecule has 4 aromatic rings. The Morgan fingerprint density at radius 3 is 2.35 bits per heavy atom. The molecule has 2 aromatic carbocycles. The monoisotopic (exact) mass is 762 g/mol. The third-order valence-electron chi connectivity index (χ3n) is 8.18. The summed E-state index contributed by atoms with van der Waals surface area (Å²) in [4.78, 5) is 80.3. The van der Waals surface area contributed by atoms with Crippen LogP contribution in [0, 0.1) is 0 Å². The van der Waals surface area contributed by atoms with E-state index in [2.05, 4.69) is 24.6 Å². The minimum Gasteiger partial charge on any atom is -0.387 e. The van der Waals surface area contributed by atoms with Gasteiger partial charge in [0.05, 0.1) is 19.5 Å². The number of rotatable bonds is 14. The molecule has 0 bridgehead atoms. The zero-order valence-electron chi connectivity index (χ0n) is 26.9. The fourth-order valence-corrected chi connectivity index (χ4v) is 7.83. The number of aliphatic hydroxyl groups is 2. The van der Waals surface area contributed by atoms with Crippen molar-refractivity contribution in [1.82, 2.24) is 19.5 Å². The minimum atomic E-state index is -5.28. The van der Waals surface area contributed by atoms with Gasteiger partial charge in [-0.25, -0.2) is 14.1 Å². The first-order valence-corrected chi connectivity index (χ1v) is 18.7. The number of aliphatic hydroxyl groups excluding tert-OH is 2. The second kappa shape index (κ2) is 14.9. The summed E-state index contributed by atoms with van der Waals surface area (Å²) >= 11 is 0. The van der Waals surface area contributed by atoms with Crippen molar-refractivity contribution in [2.24, 2.45) is 0 Å². The van der Waals surface area contributed by atoms with Gasteiger partial charge in [0.2, 0.25) is 11.9 Å². The summed E-state index contributed by atoms with van der Waals surface area (Å²) in [6.45, 7) is -1.28. The molecular weight excluding hydrogens is 730 g/mol. The third-order valence-corrected chi connectivity index (χ3v) is 10.8. The standard InChI is InChI=1S/C30H32N6O14P2/c31-30-34-27-22(28(42)35-30)32-14-36(27)29-26(41)25(40)20(49-29)13-48-52(45,46)50-51(43,44)47-11-5-1-2-8-21(37)33-15-9-10-18-19(12-15)24(39)17-7-4-3-6-16(17)23(18)38/h3-4,6-7,9-10,12,14,20,25-26,29,40-41H,1-2,5,8,11,13H2,(H,33,37)(H,43,44)(H,45,46)(H3,31,34,35,42)/t20-,25-,26-,29-/m1/s1. The number of unbranched alkanes of at least 4 members (excludes halogenated alkanes) is 2. The number of phosphoric acid groups is 2. The number of hydrogen-bond acceptors (Lipinski definition) is 15. The molecule has 0 saturated carbocycles. The summed E-state index contributed by atoms with van der Waals surface area (Å²) in [6.07, 6.45) is -4.18. The van der Waals surface area contributed by atoms with Crippen LogP contribution in [0.15, 0.2) is 53.6 Å². The lowest BCUT2D eigenvalue weighted by atomic mass is 9.84. The number of phosphoric ester groups is 2. The van der Waals surface area contributed by atoms with Gasteiger partial charge in [0.1, 0.15) is 18.3 Å². The van der Waals surface area contributed by atoms with Gasteiger partial charge in [0, 0.05) is 34.4 Å². The largest absolute Gasteiger partial charge is 0.481 e. The molecule has 3 heterocycles. The molecule has 276 valence electrons. The Labute approximate surface area is 292 Å². The molecule has 22 heteroatoms. The number of ether oxygens (including phenoxy) is 1. The minimum absolute atomic E-state index is 0.0460. The second-order valence-corrected chi connectivity index (χ2v) is 14.8. The Kier molecular flexibility index (Phi) is 10.7. The first-order chi connectivity index (χ1) is 24.6. The van der Waals surface area contributed by atoms with E-state index in [0.717, 1.165) is 10.9 Å². The highest BCUT2D eigenvalue weighted by Crippen LogP contribution is 2.60. The topological polar surface area (TPSA) is 305 Å². The van der Waals surface area contributed by atoms with E-state index in [1.165, 1.54) is 18.2 Å². The van der Waals surface area contributed by atoms with Crippen molar-refractivity contribution < 1.29 is 61.6 Å². The van der Waals surface area contributed by atoms with E-state index in [1.54, 1.807) is 24.3 Å². The van der Waals surface area contributed by atoms with Gasteiger partial charge in [-0.05, 0) is 31.0 Å². The summed E-state index contributed by atoms with van der Waals surface area (Å²) in [6, 6.07) is 11.0. The SMILES string of the molecule is Nc1nc2c(ncn2[C@@H]2O[C@H](COP(=O)(O)OP(=O)(O)OCCCCCC(=O)Nc3ccc4c(c3)C(=O)c3ccccc3C4=O)[C@@H](O)[C@H]2O)c(=O)[nH]1. The average Bonchev–Trinajstić information content (AvgIpc) is 3.63. The highest BCUT2D eigenvalue weighted by Gasteiger charge is 2.46. The molecule has 20 nitrogen and oxygen atoms in total. The molecule has 1 fully saturated rings. The molecule has 2 aliphatic rings. The maximum atomic E-state index is 12.9. The van der Waals surface area contributed by atoms with Crippen LogP contribution in [0.2, 0.25) is 0 Å². The smallest absolute Gasteiger partial charge is 0.387 e. The summed E-state index contributed by atoms with van der Waals surface area (Å²) in [7, 11) is -10.4. The summed E-state index contributed by atoms with van der Waals surface area (Å²) in [5.74, 6) is -1.23. The van der Waals surface area contributed by atoms with Crippen LogP contribution in [0.5, 0.6) is 0 Å². The van der Waals surface area contributed by atoms with Crippen molar-refractivity contribution in [3.63, 3.8) is 0 Å². The molecule has 0 radical (unpaired) electrons. The van der Waals surface area contributed by atoms with Crippen LogP contribution >= 0.6 is 15.6 Å². The third kappa shape index (κ3) is 7.96. The van der Waals surface area contributed by atoms with E-state index >= 15 is 0 Å². The van der Waals surface area contributed by atoms with E-state index in [0.29, 0.717) is 24.1 Å². The molecule has 8 N–H and O–H groups in total. The number of fused-ring (bicyclic) bond motifs is 3. The number of nitrogens with two attached hydrogens (primary N) is 1. The lowest BCUT2D eigenvalue weighted by Gasteiger charge is -2.19. The number of amides is 1. The number of carbonyl (C=O) groups excluding carboxylic acids is 3. The van der Waals surface area contributed by atoms with Gasteiger partial charge in [0.15, 0.2) is 29.0 Å². The van der Waals surface area contributed by atoms with Crippen LogP contribution in [0.4, 0.5) is 11.6 Å². The van der Waals surface area contributed by atoms with Gasteiger partial charge in [-0.1, -0.05) is 30.7 Å². The summed E-state index contributed by atoms with van der Waals surface area (Å²) in [5.41, 5.74) is 6.07. The second-order valence-electron chi connectivity index (χ2n) is 11.8. The van der Waals surface area contributed by atoms with Crippen LogP contribution in [0.3, 0.4) is 0 Å². The Bertz CT molecular complexity index is 2210. The van der Waals surface area contributed by atoms with Crippen LogP contribution in [0.25, 0.3) is 11.2 Å². The van der Waals surface area contributed by atoms with Crippen molar-refractivity contribution in [1.29, 1.82) is 0 Å². The molecule has 6 atom stereocenters. The molecule has 0 spiro atoms. The normalized spacial score (nSPS) is 22.1. The molecule has 2 unspecified atom stereocenters. The van der Waals surface area contributed by atoms with Crippen molar-refractivity contribution >= 4 is 55.9 Å². The molecule has 52 heavy (non-hydrogen) atoms. The Morgan fingerprint density at radius 1 is 0.942 bits per heavy atom. The van der Waals surface area contributed by atoms with Crippen LogP contribution < -0.4 is 16.6 Å². The molecule has 1 aliphatic heterocycles. The highest BCUT2D eigenvalue weighted by atomic mass is 31.3. The summed E-state index contributed by atoms with van der Waals surface area (Å²) < 4.78 is 45.1. The van der Waals surface area contributed by atoms with E-state index in [9.17, 15) is 48.3 Å². The van der Waals surface area contributed by atoms with Crippen molar-refractivity contribution in [2.75, 3.05) is 24.3 Å². The molecule has 2 aromatic heterocycles. The maximum absolute atomic E-state index is 12.9. The number of hydrogen-bond donors (Lipinski definition) is 7. The van der Waals surface area contributed by atoms with Gasteiger partial charge in [-0.2, -0.15) is 9.29 Å². The first kappa shape index (κ1) is 37.3. The summed E-state index contributed by atoms with van der Waals surface area (Å²) in [5, 5.41) is 23.6. The number of nitrogens with zero attached hydrogens (tertiary/aromatic N) is 3. The number of benzene rings is 2. The first-order valence-electron chi connectivity index (χ1n) is 15.7. The zero-order chi connectivity index (χ0) is 37.4. The van der Waals surface area contributed by atoms with E-state index < -0.39 is 59.0 Å². The Balaban J connectivity index is 0.915. The Morgan fingerprint density at radius 2 is 1.62 bits per heavy atom. The predicted molar refractivity (Wildman–Crippen MR) is 178 cm³/mol. The maximum Gasteiger partial charge on any atom is 0.481 e. The van der Waals surface area contributed by atoms with E-state index in [1.807, 2.05) is 0 Å². The molecule has 1 saturated heterocycles. The van der Waals surface area contributed by atoms with Crippen LogP contribution in [-0.2, 0) is 32.0 Å². The van der Waals surface area contributed by atoms with Crippen LogP contribution in [-0.4, -0.2) is 88.5 Å². The number of carbonyl (C=O) groups is 3. The zero-order valence-corrected chi connectivity index (χ0v) is 28.6. The van der Waals surface area contributed by atoms with Crippen molar-refractivity contribution in [3.8, 4) is 0 Å². The number of nitrogens with one attached hydrogen (secondary N) is 2. The number of imidazole rings is 1. The van der Waals surface area contributed by atoms with E-state index in [4.69, 9.17) is 19.5 Å². The van der Waals surface area contributed by atoms with Gasteiger partial charge in [-0.3, -0.25) is 37.8 Å². The highest BCUT2D eigenvalue weighted by molar-refractivity contribution is 7.61. The predicted octanol–water partition coefficient (Wildman–Crippen LogP) is 1.55. The van der Waals surface area contributed by atoms with Gasteiger partial charge in [0.25, 0.3) is 5.56 Å². The van der Waals surface area contributed by atoms with E-state index in [-0.39, 0.29) is 64.1 Å². The number of aromatic amines is 1. The molecular formula is C30H32N6O14P2. The fourth-order valence-electron chi connectivity index (χ4n) is 5.72. The van der Waals surface area contributed by atoms with Crippen molar-refractivity contribution in [2.45, 2.75) is 50.2 Å². The average molecular weight is 763 g/mol. The number of ketones is 2. The number of anilines is 2. The number of aromatic nitrogens is 4. The van der Waals surface area contributed by atoms with Crippen LogP contribution in [0.1, 0.15) is 63.8 Å². The fraction of sp³-hybridized carbons (Fsp3) is 0.333. The molecule has 6 rings (SSSR count). The van der Waals surface area contributed by atoms with Gasteiger partial charge >= 0.3 is 15.6 Å². The number of H-pyrrole nitrogens is 1. The van der Waals surface area contributed by atoms with Crippen molar-refractivity contribution in [3.05, 3.63) is 81.4 Å². The van der Waals surface area contributed by atoms with Gasteiger partial charge in [-0.15, -0.1) is 0 Å². The number of nitrogen functional groups attached to an aromatic ring is 1. The quantitative estimate of drug-likeness (QED) is 0.0623. The lowest BCUT2D eigenvalue weighted by Crippen LogP contribution is -2.33. The molecule has 1 aliphatic carbocycles.